The maximum absolute atomic E-state index is 12.9. The lowest BCUT2D eigenvalue weighted by atomic mass is 10.1. The number of hydrazone groups is 1. The Hall–Kier alpha value is -5.34. The summed E-state index contributed by atoms with van der Waals surface area (Å²) in [5, 5.41) is 29.9. The number of nitro groups is 1. The van der Waals surface area contributed by atoms with E-state index >= 15 is 0 Å². The Labute approximate surface area is 188 Å². The first kappa shape index (κ1) is 20.6. The van der Waals surface area contributed by atoms with Gasteiger partial charge >= 0.3 is 0 Å². The summed E-state index contributed by atoms with van der Waals surface area (Å²) in [6, 6.07) is 10.7. The normalized spacial score (nSPS) is 12.2. The molecule has 3 N–H and O–H groups in total. The molecule has 4 aromatic rings. The highest BCUT2D eigenvalue weighted by molar-refractivity contribution is 5.99. The van der Waals surface area contributed by atoms with Gasteiger partial charge in [-0.25, -0.2) is 10.1 Å². The van der Waals surface area contributed by atoms with E-state index in [2.05, 4.69) is 35.8 Å². The Morgan fingerprint density at radius 2 is 2.06 bits per heavy atom. The minimum atomic E-state index is -0.712. The second-order valence-electron chi connectivity index (χ2n) is 6.79. The average Bonchev–Trinajstić information content (AvgIpc) is 3.57. The molecule has 1 amide bonds. The third kappa shape index (κ3) is 3.72. The van der Waals surface area contributed by atoms with Crippen molar-refractivity contribution in [3.05, 3.63) is 63.8 Å². The van der Waals surface area contributed by atoms with Gasteiger partial charge < -0.3 is 15.2 Å². The highest BCUT2D eigenvalue weighted by Crippen LogP contribution is 2.37. The number of nitrogens with zero attached hydrogens (tertiary/aromatic N) is 7. The van der Waals surface area contributed by atoms with Crippen LogP contribution in [-0.2, 0) is 0 Å². The van der Waals surface area contributed by atoms with E-state index in [-0.39, 0.29) is 35.5 Å². The van der Waals surface area contributed by atoms with Gasteiger partial charge in [0.05, 0.1) is 11.1 Å². The van der Waals surface area contributed by atoms with Crippen molar-refractivity contribution in [2.24, 2.45) is 5.10 Å². The molecule has 15 nitrogen and oxygen atoms in total. The Morgan fingerprint density at radius 1 is 1.21 bits per heavy atom. The number of benzene rings is 2. The molecule has 170 valence electrons. The number of rotatable bonds is 6. The van der Waals surface area contributed by atoms with Gasteiger partial charge in [-0.2, -0.15) is 9.78 Å². The number of nitro benzene ring substituents is 1. The number of nitrogen functional groups attached to an aromatic ring is 1. The predicted molar refractivity (Wildman–Crippen MR) is 113 cm³/mol. The van der Waals surface area contributed by atoms with Crippen molar-refractivity contribution in [3.63, 3.8) is 0 Å². The third-order valence-electron chi connectivity index (χ3n) is 4.69. The van der Waals surface area contributed by atoms with Gasteiger partial charge in [-0.15, -0.1) is 5.10 Å². The molecule has 0 bridgehead atoms. The standard InChI is InChI=1S/C19H13N9O6/c20-17-18(25-34-24-17)27-16(11-4-5-13-14(7-11)33-9-32-13)15(22-26-27)19(29)23-21-8-10-2-1-3-12(6-10)28(30)31/h1-8H,9H2,(H2,20,24)(H,23,29)/b21-8-. The second kappa shape index (κ2) is 8.30. The number of hydrogen-bond donors (Lipinski definition) is 2. The number of amides is 1. The largest absolute Gasteiger partial charge is 0.454 e. The first-order valence-corrected chi connectivity index (χ1v) is 9.53. The van der Waals surface area contributed by atoms with Gasteiger partial charge in [0.15, 0.2) is 17.2 Å². The summed E-state index contributed by atoms with van der Waals surface area (Å²) in [4.78, 5) is 23.3. The van der Waals surface area contributed by atoms with Crippen LogP contribution in [0.4, 0.5) is 11.5 Å². The average molecular weight is 463 g/mol. The van der Waals surface area contributed by atoms with E-state index in [0.29, 0.717) is 22.6 Å². The number of carbonyl (C=O) groups is 1. The van der Waals surface area contributed by atoms with Crippen molar-refractivity contribution in [1.29, 1.82) is 0 Å². The number of hydrogen-bond acceptors (Lipinski definition) is 12. The van der Waals surface area contributed by atoms with Gasteiger partial charge in [0.2, 0.25) is 18.4 Å². The zero-order valence-corrected chi connectivity index (χ0v) is 17.0. The molecule has 5 rings (SSSR count). The lowest BCUT2D eigenvalue weighted by Gasteiger charge is -2.07. The number of carbonyl (C=O) groups excluding carboxylic acids is 1. The van der Waals surface area contributed by atoms with Crippen molar-refractivity contribution >= 4 is 23.6 Å². The molecule has 0 saturated heterocycles. The molecule has 34 heavy (non-hydrogen) atoms. The van der Waals surface area contributed by atoms with E-state index < -0.39 is 10.8 Å². The number of fused-ring (bicyclic) bond motifs is 1. The van der Waals surface area contributed by atoms with Crippen LogP contribution in [0.5, 0.6) is 11.5 Å². The summed E-state index contributed by atoms with van der Waals surface area (Å²) in [7, 11) is 0. The highest BCUT2D eigenvalue weighted by Gasteiger charge is 2.26. The van der Waals surface area contributed by atoms with E-state index in [9.17, 15) is 14.9 Å². The number of nitrogens with two attached hydrogens (primary N) is 1. The van der Waals surface area contributed by atoms with Crippen molar-refractivity contribution in [2.75, 3.05) is 12.5 Å². The van der Waals surface area contributed by atoms with Crippen LogP contribution in [0.2, 0.25) is 0 Å². The van der Waals surface area contributed by atoms with Crippen LogP contribution < -0.4 is 20.6 Å². The molecule has 15 heteroatoms. The highest BCUT2D eigenvalue weighted by atomic mass is 16.7. The van der Waals surface area contributed by atoms with Crippen LogP contribution in [0, 0.1) is 10.1 Å². The quantitative estimate of drug-likeness (QED) is 0.237. The molecule has 1 aliphatic rings. The van der Waals surface area contributed by atoms with Gasteiger partial charge in [-0.1, -0.05) is 17.3 Å². The smallest absolute Gasteiger partial charge is 0.294 e. The predicted octanol–water partition coefficient (Wildman–Crippen LogP) is 1.30. The molecule has 1 aliphatic heterocycles. The summed E-state index contributed by atoms with van der Waals surface area (Å²) >= 11 is 0. The first-order valence-electron chi connectivity index (χ1n) is 9.53. The van der Waals surface area contributed by atoms with E-state index in [1.165, 1.54) is 29.1 Å². The summed E-state index contributed by atoms with van der Waals surface area (Å²) in [6.07, 6.45) is 1.26. The molecule has 2 aromatic carbocycles. The van der Waals surface area contributed by atoms with Crippen molar-refractivity contribution in [3.8, 4) is 28.6 Å². The zero-order valence-electron chi connectivity index (χ0n) is 17.0. The molecule has 0 saturated carbocycles. The lowest BCUT2D eigenvalue weighted by molar-refractivity contribution is -0.384. The summed E-state index contributed by atoms with van der Waals surface area (Å²) in [5.41, 5.74) is 9.02. The Morgan fingerprint density at radius 3 is 2.85 bits per heavy atom. The number of ether oxygens (including phenoxy) is 2. The molecular weight excluding hydrogens is 450 g/mol. The van der Waals surface area contributed by atoms with Crippen LogP contribution in [0.1, 0.15) is 16.1 Å². The molecule has 0 spiro atoms. The zero-order chi connectivity index (χ0) is 23.7. The molecule has 0 radical (unpaired) electrons. The number of non-ortho nitro benzene ring substituents is 1. The number of nitrogens with one attached hydrogen (secondary N) is 1. The fourth-order valence-corrected chi connectivity index (χ4v) is 3.16. The maximum Gasteiger partial charge on any atom is 0.294 e. The van der Waals surface area contributed by atoms with Crippen LogP contribution >= 0.6 is 0 Å². The van der Waals surface area contributed by atoms with E-state index in [4.69, 9.17) is 15.2 Å². The minimum absolute atomic E-state index is 0.0271. The molecule has 0 aliphatic carbocycles. The van der Waals surface area contributed by atoms with Gasteiger partial charge in [-0.3, -0.25) is 14.9 Å². The molecule has 3 heterocycles. The van der Waals surface area contributed by atoms with E-state index in [0.717, 1.165) is 0 Å². The fraction of sp³-hybridized carbons (Fsp3) is 0.0526. The van der Waals surface area contributed by atoms with Gasteiger partial charge in [0.1, 0.15) is 5.69 Å². The molecule has 2 aromatic heterocycles. The topological polar surface area (TPSA) is 199 Å². The number of anilines is 1. The molecule has 0 atom stereocenters. The number of aromatic nitrogens is 5. The maximum atomic E-state index is 12.9. The Kier molecular flexibility index (Phi) is 5.02. The van der Waals surface area contributed by atoms with Gasteiger partial charge in [0.25, 0.3) is 11.6 Å². The lowest BCUT2D eigenvalue weighted by Crippen LogP contribution is -2.19. The van der Waals surface area contributed by atoms with Crippen LogP contribution in [-0.4, -0.2) is 49.1 Å². The van der Waals surface area contributed by atoms with Crippen molar-refractivity contribution in [1.82, 2.24) is 30.7 Å². The first-order chi connectivity index (χ1) is 16.5. The van der Waals surface area contributed by atoms with Crippen molar-refractivity contribution < 1.29 is 23.8 Å². The van der Waals surface area contributed by atoms with E-state index in [1.54, 1.807) is 24.3 Å². The summed E-state index contributed by atoms with van der Waals surface area (Å²) in [6.45, 7) is 0.0656. The van der Waals surface area contributed by atoms with Crippen molar-refractivity contribution in [2.45, 2.75) is 0 Å². The second-order valence-corrected chi connectivity index (χ2v) is 6.79. The molecular formula is C19H13N9O6. The van der Waals surface area contributed by atoms with Gasteiger partial charge in [-0.05, 0) is 28.5 Å². The van der Waals surface area contributed by atoms with Crippen LogP contribution in [0.3, 0.4) is 0 Å². The SMILES string of the molecule is Nc1nonc1-n1nnc(C(=O)N/N=C\c2cccc([N+](=O)[O-])c2)c1-c1ccc2c(c1)OCO2. The summed E-state index contributed by atoms with van der Waals surface area (Å²) in [5.74, 6) is 0.252. The monoisotopic (exact) mass is 463 g/mol. The van der Waals surface area contributed by atoms with Crippen LogP contribution in [0.15, 0.2) is 52.2 Å². The summed E-state index contributed by atoms with van der Waals surface area (Å²) < 4.78 is 16.6. The molecule has 0 fully saturated rings. The van der Waals surface area contributed by atoms with Gasteiger partial charge in [0, 0.05) is 23.3 Å². The fourth-order valence-electron chi connectivity index (χ4n) is 3.16. The third-order valence-corrected chi connectivity index (χ3v) is 4.69. The Balaban J connectivity index is 1.48. The van der Waals surface area contributed by atoms with Crippen LogP contribution in [0.25, 0.3) is 17.1 Å². The van der Waals surface area contributed by atoms with E-state index in [1.807, 2.05) is 0 Å². The molecule has 0 unspecified atom stereocenters. The Bertz CT molecular complexity index is 1440. The minimum Gasteiger partial charge on any atom is -0.454 e.